The van der Waals surface area contributed by atoms with E-state index in [2.05, 4.69) is 9.88 Å². The Balaban J connectivity index is 2.00. The zero-order chi connectivity index (χ0) is 18.0. The predicted octanol–water partition coefficient (Wildman–Crippen LogP) is 2.90. The smallest absolute Gasteiger partial charge is 0.295 e. The number of nitro groups is 1. The second-order valence-electron chi connectivity index (χ2n) is 6.29. The maximum absolute atomic E-state index is 12.0. The van der Waals surface area contributed by atoms with Crippen LogP contribution in [0.5, 0.6) is 0 Å². The summed E-state index contributed by atoms with van der Waals surface area (Å²) in [6, 6.07) is 7.04. The summed E-state index contributed by atoms with van der Waals surface area (Å²) in [7, 11) is 0. The van der Waals surface area contributed by atoms with Crippen LogP contribution in [-0.4, -0.2) is 46.9 Å². The number of rotatable bonds is 3. The maximum atomic E-state index is 12.0. The molecule has 7 nitrogen and oxygen atoms in total. The largest absolute Gasteiger partial charge is 0.369 e. The summed E-state index contributed by atoms with van der Waals surface area (Å²) in [5.74, 6) is 0.174. The Hall–Kier alpha value is -2.70. The molecule has 1 fully saturated rings. The topological polar surface area (TPSA) is 79.6 Å². The predicted molar refractivity (Wildman–Crippen MR) is 96.8 cm³/mol. The third kappa shape index (κ3) is 3.40. The van der Waals surface area contributed by atoms with Crippen LogP contribution in [0.3, 0.4) is 0 Å². The number of amides is 1. The Morgan fingerprint density at radius 1 is 1.28 bits per heavy atom. The van der Waals surface area contributed by atoms with E-state index in [4.69, 9.17) is 0 Å². The number of hydrogen-bond acceptors (Lipinski definition) is 5. The summed E-state index contributed by atoms with van der Waals surface area (Å²) in [5.41, 5.74) is 2.16. The molecule has 0 radical (unpaired) electrons. The minimum Gasteiger partial charge on any atom is -0.369 e. The molecule has 0 unspecified atom stereocenters. The number of aryl methyl sites for hydroxylation is 1. The summed E-state index contributed by atoms with van der Waals surface area (Å²) < 4.78 is 0. The van der Waals surface area contributed by atoms with Gasteiger partial charge in [-0.1, -0.05) is 19.1 Å². The first-order valence-corrected chi connectivity index (χ1v) is 8.58. The SMILES string of the molecule is CCC(=O)N1CCCN(c2cc(C)nc3c([N+](=O)[O-])cccc23)CC1. The quantitative estimate of drug-likeness (QED) is 0.633. The molecule has 0 saturated carbocycles. The fourth-order valence-corrected chi connectivity index (χ4v) is 3.38. The molecular formula is C18H22N4O3. The zero-order valence-corrected chi connectivity index (χ0v) is 14.6. The van der Waals surface area contributed by atoms with Crippen LogP contribution < -0.4 is 4.90 Å². The number of pyridine rings is 1. The van der Waals surface area contributed by atoms with Crippen LogP contribution in [-0.2, 0) is 4.79 Å². The van der Waals surface area contributed by atoms with Gasteiger partial charge in [0.1, 0.15) is 0 Å². The number of carbonyl (C=O) groups is 1. The molecule has 1 aromatic carbocycles. The van der Waals surface area contributed by atoms with E-state index in [0.29, 0.717) is 25.0 Å². The average Bonchev–Trinajstić information content (AvgIpc) is 2.85. The van der Waals surface area contributed by atoms with Crippen molar-refractivity contribution < 1.29 is 9.72 Å². The number of carbonyl (C=O) groups excluding carboxylic acids is 1. The van der Waals surface area contributed by atoms with E-state index in [0.717, 1.165) is 36.3 Å². The van der Waals surface area contributed by atoms with Gasteiger partial charge >= 0.3 is 0 Å². The van der Waals surface area contributed by atoms with Gasteiger partial charge in [-0.05, 0) is 19.4 Å². The van der Waals surface area contributed by atoms with E-state index < -0.39 is 0 Å². The van der Waals surface area contributed by atoms with E-state index in [9.17, 15) is 14.9 Å². The van der Waals surface area contributed by atoms with Crippen LogP contribution in [0.25, 0.3) is 10.9 Å². The first kappa shape index (κ1) is 17.1. The molecule has 0 spiro atoms. The molecule has 2 heterocycles. The number of fused-ring (bicyclic) bond motifs is 1. The monoisotopic (exact) mass is 342 g/mol. The van der Waals surface area contributed by atoms with Crippen LogP contribution in [0.2, 0.25) is 0 Å². The van der Waals surface area contributed by atoms with E-state index in [1.165, 1.54) is 6.07 Å². The number of anilines is 1. The van der Waals surface area contributed by atoms with Gasteiger partial charge in [0, 0.05) is 55.4 Å². The lowest BCUT2D eigenvalue weighted by atomic mass is 10.1. The van der Waals surface area contributed by atoms with Gasteiger partial charge in [0.05, 0.1) is 4.92 Å². The lowest BCUT2D eigenvalue weighted by Crippen LogP contribution is -2.34. The molecule has 3 rings (SSSR count). The molecule has 0 aliphatic carbocycles. The van der Waals surface area contributed by atoms with Crippen molar-refractivity contribution in [2.24, 2.45) is 0 Å². The normalized spacial score (nSPS) is 15.3. The van der Waals surface area contributed by atoms with Crippen molar-refractivity contribution in [1.82, 2.24) is 9.88 Å². The molecule has 0 N–H and O–H groups in total. The van der Waals surface area contributed by atoms with Gasteiger partial charge in [-0.3, -0.25) is 14.9 Å². The Kier molecular flexibility index (Phi) is 4.83. The number of benzene rings is 1. The lowest BCUT2D eigenvalue weighted by Gasteiger charge is -2.25. The molecule has 132 valence electrons. The van der Waals surface area contributed by atoms with Gasteiger partial charge in [0.15, 0.2) is 5.52 Å². The summed E-state index contributed by atoms with van der Waals surface area (Å²) >= 11 is 0. The van der Waals surface area contributed by atoms with Crippen LogP contribution in [0.15, 0.2) is 24.3 Å². The van der Waals surface area contributed by atoms with E-state index >= 15 is 0 Å². The van der Waals surface area contributed by atoms with E-state index in [1.807, 2.05) is 30.9 Å². The van der Waals surface area contributed by atoms with Crippen LogP contribution in [0, 0.1) is 17.0 Å². The highest BCUT2D eigenvalue weighted by Gasteiger charge is 2.22. The zero-order valence-electron chi connectivity index (χ0n) is 14.6. The number of para-hydroxylation sites is 1. The molecule has 1 saturated heterocycles. The van der Waals surface area contributed by atoms with Gasteiger partial charge in [0.2, 0.25) is 5.91 Å². The highest BCUT2D eigenvalue weighted by molar-refractivity contribution is 5.97. The fraction of sp³-hybridized carbons (Fsp3) is 0.444. The summed E-state index contributed by atoms with van der Waals surface area (Å²) in [6.45, 7) is 6.69. The van der Waals surface area contributed by atoms with Crippen LogP contribution in [0.4, 0.5) is 11.4 Å². The van der Waals surface area contributed by atoms with Gasteiger partial charge in [-0.25, -0.2) is 4.98 Å². The third-order valence-electron chi connectivity index (χ3n) is 4.61. The van der Waals surface area contributed by atoms with Crippen LogP contribution in [0.1, 0.15) is 25.5 Å². The molecule has 0 bridgehead atoms. The number of hydrogen-bond donors (Lipinski definition) is 0. The molecule has 1 amide bonds. The maximum Gasteiger partial charge on any atom is 0.295 e. The number of nitro benzene ring substituents is 1. The third-order valence-corrected chi connectivity index (χ3v) is 4.61. The summed E-state index contributed by atoms with van der Waals surface area (Å²) in [5, 5.41) is 12.1. The first-order chi connectivity index (χ1) is 12.0. The summed E-state index contributed by atoms with van der Waals surface area (Å²) in [4.78, 5) is 31.4. The first-order valence-electron chi connectivity index (χ1n) is 8.58. The standard InChI is InChI=1S/C18H22N4O3/c1-3-17(23)21-9-5-8-20(10-11-21)16-12-13(2)19-18-14(16)6-4-7-15(18)22(24)25/h4,6-7,12H,3,5,8-11H2,1-2H3. The molecule has 7 heteroatoms. The fourth-order valence-electron chi connectivity index (χ4n) is 3.38. The highest BCUT2D eigenvalue weighted by atomic mass is 16.6. The van der Waals surface area contributed by atoms with Crippen molar-refractivity contribution in [2.75, 3.05) is 31.1 Å². The minimum atomic E-state index is -0.386. The molecule has 1 aromatic heterocycles. The number of nitrogens with zero attached hydrogens (tertiary/aromatic N) is 4. The Bertz CT molecular complexity index is 821. The molecule has 1 aliphatic rings. The summed E-state index contributed by atoms with van der Waals surface area (Å²) in [6.07, 6.45) is 1.40. The van der Waals surface area contributed by atoms with Crippen LogP contribution >= 0.6 is 0 Å². The van der Waals surface area contributed by atoms with Gasteiger partial charge in [0.25, 0.3) is 5.69 Å². The van der Waals surface area contributed by atoms with E-state index in [-0.39, 0.29) is 16.5 Å². The van der Waals surface area contributed by atoms with Gasteiger partial charge in [-0.2, -0.15) is 0 Å². The molecular weight excluding hydrogens is 320 g/mol. The second-order valence-corrected chi connectivity index (χ2v) is 6.29. The average molecular weight is 342 g/mol. The number of non-ortho nitro benzene ring substituents is 1. The van der Waals surface area contributed by atoms with Crippen molar-refractivity contribution in [3.05, 3.63) is 40.1 Å². The Morgan fingerprint density at radius 2 is 2.08 bits per heavy atom. The van der Waals surface area contributed by atoms with Crippen molar-refractivity contribution in [3.63, 3.8) is 0 Å². The molecule has 25 heavy (non-hydrogen) atoms. The molecule has 2 aromatic rings. The Morgan fingerprint density at radius 3 is 2.80 bits per heavy atom. The van der Waals surface area contributed by atoms with Gasteiger partial charge in [-0.15, -0.1) is 0 Å². The lowest BCUT2D eigenvalue weighted by molar-refractivity contribution is -0.383. The molecule has 0 atom stereocenters. The Labute approximate surface area is 146 Å². The second kappa shape index (κ2) is 7.04. The van der Waals surface area contributed by atoms with Crippen molar-refractivity contribution in [1.29, 1.82) is 0 Å². The van der Waals surface area contributed by atoms with E-state index in [1.54, 1.807) is 6.07 Å². The number of aromatic nitrogens is 1. The van der Waals surface area contributed by atoms with Crippen molar-refractivity contribution >= 4 is 28.2 Å². The molecule has 1 aliphatic heterocycles. The van der Waals surface area contributed by atoms with Crippen molar-refractivity contribution in [3.8, 4) is 0 Å². The van der Waals surface area contributed by atoms with Gasteiger partial charge < -0.3 is 9.80 Å². The minimum absolute atomic E-state index is 0.0278. The van der Waals surface area contributed by atoms with Crippen molar-refractivity contribution in [2.45, 2.75) is 26.7 Å². The highest BCUT2D eigenvalue weighted by Crippen LogP contribution is 2.32.